The SMILES string of the molecule is CCCC[C@H]1C(=O)N(C)[C@@H](CCCC)C(=O)N[C@@H](CC(C)C)C(=O)N[C@H](C(N)=O)C(C)(C)SCC(=O)N[C@@H](Cc2ccc(OC)cc2)C(=O)N2CCCC[C@H]2C(=O)N[C@@H](CC(=O)O)C(=O)N2CCC[C@H]2C(=O)N[C@@H](CN)C(=O)N[C@@H](CCC(=O)O)C(=O)N2C[C@H](O)C[C@H]2C(=O)N[C@@H](Cc2c[nH]c3ccccc23)C(=O)N[C@@H](CCN)C(=O)N[C@@H](Cc2cn(CC(=O)NS(C)(=O)=O)c3ccccc23)C(=O)N1C. The summed E-state index contributed by atoms with van der Waals surface area (Å²) in [4.78, 5) is 273. The molecular weight excluding hydrogens is 1860 g/mol. The first kappa shape index (κ1) is 111. The van der Waals surface area contributed by atoms with Crippen LogP contribution in [0.15, 0.2) is 85.2 Å². The van der Waals surface area contributed by atoms with E-state index in [9.17, 15) is 66.9 Å². The fraction of sp³-hybridized carbons (Fsp3) is 0.574. The van der Waals surface area contributed by atoms with Gasteiger partial charge in [0.05, 0.1) is 31.6 Å². The van der Waals surface area contributed by atoms with Crippen molar-refractivity contribution in [2.45, 2.75) is 272 Å². The number of primary amides is 1. The summed E-state index contributed by atoms with van der Waals surface area (Å²) in [7, 11) is 0.0305. The molecule has 4 fully saturated rings. The Hall–Kier alpha value is -12.8. The van der Waals surface area contributed by atoms with Gasteiger partial charge in [-0.25, -0.2) is 8.42 Å². The second-order valence-corrected chi connectivity index (χ2v) is 40.4. The standard InChI is InChI=1S/C94H134N20O24S2/c1-11-13-25-70-85(127)102-63(40-52(3)4)83(125)107-79(80(97)122)94(5,6)139-51-76(117)99-65(41-53-30-32-57(138-9)33-31-53)91(133)112-38-20-19-28-71(112)86(128)105-67(45-78(120)121)92(134)113-39-21-29-72(113)87(129)106-68(46-96)84(126)101-62(34-35-77(118)119)90(132)114-49-56(115)44-74(114)88(130)103-64(42-54-47-98-60-24-17-15-22-58(54)60)82(124)100-61(36-37-95)81(123)104-66(89(131)110(8)73(26-14-12-2)93(135)109(70)7)43-55-48-111(50-75(116)108-140(10,136)137)69-27-18-16-23-59(55)69/h15-18,22-24,27,30-33,47-48,52,56,61-68,70-74,79,98,115H,11-14,19-21,25-26,28-29,34-46,49-51,95-96H2,1-10H3,(H2,97,122)(H,99,117)(H,100,124)(H,101,126)(H,102,127)(H,103,130)(H,104,123)(H,105,128)(H,106,129)(H,107,125)(H,108,116)(H,118,119)(H,120,121)/t56-,61+,62+,63+,64+,65+,66+,67+,68+,70+,71+,72+,73+,74+,79-/m1/s1. The molecule has 4 aliphatic rings. The molecule has 140 heavy (non-hydrogen) atoms. The highest BCUT2D eigenvalue weighted by atomic mass is 32.2. The molecule has 766 valence electrons. The van der Waals surface area contributed by atoms with E-state index in [1.165, 1.54) is 50.7 Å². The van der Waals surface area contributed by atoms with Crippen LogP contribution in [0.3, 0.4) is 0 Å². The first-order valence-electron chi connectivity index (χ1n) is 47.2. The highest BCUT2D eigenvalue weighted by Gasteiger charge is 2.48. The Morgan fingerprint density at radius 1 is 0.564 bits per heavy atom. The maximum Gasteiger partial charge on any atom is 0.305 e. The smallest absolute Gasteiger partial charge is 0.305 e. The summed E-state index contributed by atoms with van der Waals surface area (Å²) in [6.45, 7) is 7.76. The van der Waals surface area contributed by atoms with Crippen molar-refractivity contribution in [2.75, 3.05) is 65.9 Å². The monoisotopic (exact) mass is 1990 g/mol. The van der Waals surface area contributed by atoms with Crippen LogP contribution >= 0.6 is 11.8 Å². The molecule has 2 aromatic heterocycles. The molecule has 16 amide bonds. The van der Waals surface area contributed by atoms with Crippen LogP contribution in [0.4, 0.5) is 0 Å². The molecule has 4 aliphatic heterocycles. The number of carboxylic acid groups (broad SMARTS) is 2. The number of aliphatic carboxylic acids is 2. The molecule has 0 aliphatic carbocycles. The number of likely N-dealkylation sites (N-methyl/N-ethyl adjacent to an activating group) is 2. The topological polar surface area (TPSA) is 647 Å². The number of aliphatic hydroxyl groups is 1. The normalized spacial score (nSPS) is 25.3. The van der Waals surface area contributed by atoms with Crippen molar-refractivity contribution in [3.8, 4) is 5.75 Å². The van der Waals surface area contributed by atoms with Crippen molar-refractivity contribution in [3.63, 3.8) is 0 Å². The minimum Gasteiger partial charge on any atom is -0.497 e. The number of nitrogens with zero attached hydrogens (tertiary/aromatic N) is 6. The number of carbonyl (C=O) groups excluding carboxylic acids is 16. The van der Waals surface area contributed by atoms with Gasteiger partial charge >= 0.3 is 11.9 Å². The number of thioether (sulfide) groups is 1. The molecule has 0 bridgehead atoms. The molecule has 44 nitrogen and oxygen atoms in total. The predicted octanol–water partition coefficient (Wildman–Crippen LogP) is -1.33. The number of aromatic amines is 1. The Morgan fingerprint density at radius 2 is 1.10 bits per heavy atom. The second-order valence-electron chi connectivity index (χ2n) is 37.0. The molecule has 4 saturated heterocycles. The van der Waals surface area contributed by atoms with E-state index in [4.69, 9.17) is 21.9 Å². The van der Waals surface area contributed by atoms with Crippen LogP contribution in [0.1, 0.15) is 167 Å². The van der Waals surface area contributed by atoms with E-state index in [-0.39, 0.29) is 83.3 Å². The van der Waals surface area contributed by atoms with Gasteiger partial charge in [0.15, 0.2) is 0 Å². The van der Waals surface area contributed by atoms with Crippen LogP contribution in [0, 0.1) is 5.92 Å². The Labute approximate surface area is 815 Å². The van der Waals surface area contributed by atoms with E-state index in [2.05, 4.69) is 52.8 Å². The number of carbonyl (C=O) groups is 18. The molecule has 15 atom stereocenters. The number of methoxy groups -OCH3 is 1. The number of amides is 16. The van der Waals surface area contributed by atoms with Crippen LogP contribution < -0.4 is 74.5 Å². The fourth-order valence-electron chi connectivity index (χ4n) is 18.2. The average molecular weight is 1990 g/mol. The van der Waals surface area contributed by atoms with Gasteiger partial charge in [0, 0.05) is 111 Å². The molecule has 0 radical (unpaired) electrons. The molecule has 6 heterocycles. The van der Waals surface area contributed by atoms with Crippen LogP contribution in [-0.2, 0) is 122 Å². The highest BCUT2D eigenvalue weighted by Crippen LogP contribution is 2.32. The number of aliphatic hydroxyl groups excluding tert-OH is 1. The van der Waals surface area contributed by atoms with Crippen molar-refractivity contribution >= 4 is 150 Å². The van der Waals surface area contributed by atoms with Gasteiger partial charge in [-0.1, -0.05) is 102 Å². The summed E-state index contributed by atoms with van der Waals surface area (Å²) in [5.74, 6) is -19.0. The van der Waals surface area contributed by atoms with Crippen molar-refractivity contribution in [1.82, 2.24) is 86.6 Å². The molecular formula is C94H134N20O24S2. The number of aromatic nitrogens is 2. The fourth-order valence-corrected chi connectivity index (χ4v) is 19.6. The molecule has 20 N–H and O–H groups in total. The summed E-state index contributed by atoms with van der Waals surface area (Å²) >= 11 is 0.858. The number of H-pyrrole nitrogens is 1. The van der Waals surface area contributed by atoms with Gasteiger partial charge < -0.3 is 119 Å². The molecule has 5 aromatic rings. The average Bonchev–Trinajstić information content (AvgIpc) is 1.53. The minimum absolute atomic E-state index is 0.00440. The van der Waals surface area contributed by atoms with Crippen molar-refractivity contribution < 1.29 is 115 Å². The van der Waals surface area contributed by atoms with Crippen LogP contribution in [0.2, 0.25) is 0 Å². The third-order valence-electron chi connectivity index (χ3n) is 25.6. The first-order valence-corrected chi connectivity index (χ1v) is 50.1. The summed E-state index contributed by atoms with van der Waals surface area (Å²) in [6, 6.07) is -2.59. The zero-order valence-corrected chi connectivity index (χ0v) is 82.2. The van der Waals surface area contributed by atoms with Crippen molar-refractivity contribution in [1.29, 1.82) is 0 Å². The number of nitrogens with one attached hydrogen (secondary N) is 11. The molecule has 0 saturated carbocycles. The van der Waals surface area contributed by atoms with Gasteiger partial charge in [0.1, 0.15) is 96.9 Å². The first-order chi connectivity index (χ1) is 66.3. The minimum atomic E-state index is -4.08. The number of para-hydroxylation sites is 2. The zero-order chi connectivity index (χ0) is 103. The van der Waals surface area contributed by atoms with E-state index >= 15 is 43.2 Å². The number of benzene rings is 3. The third kappa shape index (κ3) is 29.9. The molecule has 0 spiro atoms. The second kappa shape index (κ2) is 50.9. The lowest BCUT2D eigenvalue weighted by molar-refractivity contribution is -0.149. The number of ether oxygens (including phenoxy) is 1. The summed E-state index contributed by atoms with van der Waals surface area (Å²) in [5.41, 5.74) is 20.7. The lowest BCUT2D eigenvalue weighted by Gasteiger charge is -2.38. The molecule has 9 rings (SSSR count). The number of carboxylic acids is 2. The Morgan fingerprint density at radius 3 is 1.72 bits per heavy atom. The Kier molecular flexibility index (Phi) is 40.3. The van der Waals surface area contributed by atoms with Crippen molar-refractivity contribution in [3.05, 3.63) is 102 Å². The largest absolute Gasteiger partial charge is 0.497 e. The molecule has 46 heteroatoms. The van der Waals surface area contributed by atoms with Gasteiger partial charge in [-0.3, -0.25) is 91.0 Å². The van der Waals surface area contributed by atoms with E-state index in [0.29, 0.717) is 82.8 Å². The maximum absolute atomic E-state index is 16.1. The summed E-state index contributed by atoms with van der Waals surface area (Å²) in [5, 5.41) is 56.8. The van der Waals surface area contributed by atoms with Gasteiger partial charge in [-0.2, -0.15) is 0 Å². The van der Waals surface area contributed by atoms with E-state index in [0.717, 1.165) is 37.6 Å². The van der Waals surface area contributed by atoms with Gasteiger partial charge in [0.2, 0.25) is 98.6 Å². The van der Waals surface area contributed by atoms with Gasteiger partial charge in [-0.05, 0) is 131 Å². The van der Waals surface area contributed by atoms with Crippen LogP contribution in [-0.4, -0.2) is 326 Å². The Balaban J connectivity index is 1.13. The zero-order valence-electron chi connectivity index (χ0n) is 80.6. The van der Waals surface area contributed by atoms with Crippen LogP contribution in [0.25, 0.3) is 21.8 Å². The number of fused-ring (bicyclic) bond motifs is 5. The van der Waals surface area contributed by atoms with Gasteiger partial charge in [0.25, 0.3) is 5.91 Å². The molecule has 0 unspecified atom stereocenters. The molecule has 3 aromatic carbocycles. The highest BCUT2D eigenvalue weighted by molar-refractivity contribution is 8.01. The number of hydrogen-bond acceptors (Lipinski definition) is 25. The number of sulfonamides is 1. The van der Waals surface area contributed by atoms with E-state index in [1.54, 1.807) is 92.8 Å². The quantitative estimate of drug-likeness (QED) is 0.0290. The number of rotatable bonds is 27. The van der Waals surface area contributed by atoms with Crippen LogP contribution in [0.5, 0.6) is 5.75 Å². The van der Waals surface area contributed by atoms with Crippen molar-refractivity contribution in [2.24, 2.45) is 23.1 Å². The predicted molar refractivity (Wildman–Crippen MR) is 514 cm³/mol. The number of hydrogen-bond donors (Lipinski definition) is 17. The maximum atomic E-state index is 16.1. The number of piperidine rings is 1. The van der Waals surface area contributed by atoms with Gasteiger partial charge in [-0.15, -0.1) is 11.8 Å². The van der Waals surface area contributed by atoms with E-state index in [1.807, 2.05) is 18.6 Å². The summed E-state index contributed by atoms with van der Waals surface area (Å²) < 4.78 is 32.0. The Bertz CT molecular complexity index is 5460. The lowest BCUT2D eigenvalue weighted by atomic mass is 9.97. The summed E-state index contributed by atoms with van der Waals surface area (Å²) in [6.07, 6.45) is 0.106. The number of nitrogens with two attached hydrogens (primary N) is 3. The lowest BCUT2D eigenvalue weighted by Crippen LogP contribution is -2.62. The van der Waals surface area contributed by atoms with E-state index < -0.39 is 269 Å². The number of unbranched alkanes of at least 4 members (excludes halogenated alkanes) is 2. The third-order valence-corrected chi connectivity index (χ3v) is 27.5.